The molecule has 0 aliphatic carbocycles. The van der Waals surface area contributed by atoms with Crippen molar-refractivity contribution in [2.45, 2.75) is 25.3 Å². The lowest BCUT2D eigenvalue weighted by molar-refractivity contribution is 0.0949. The van der Waals surface area contributed by atoms with Crippen LogP contribution in [0.1, 0.15) is 24.8 Å². The quantitative estimate of drug-likeness (QED) is 0.859. The number of anilines is 1. The van der Waals surface area contributed by atoms with E-state index in [-0.39, 0.29) is 6.09 Å². The number of halogens is 1. The van der Waals surface area contributed by atoms with Gasteiger partial charge in [-0.1, -0.05) is 23.7 Å². The van der Waals surface area contributed by atoms with E-state index in [0.29, 0.717) is 25.1 Å². The molecule has 1 saturated heterocycles. The second-order valence-electron chi connectivity index (χ2n) is 4.99. The van der Waals surface area contributed by atoms with Crippen molar-refractivity contribution in [1.82, 2.24) is 4.90 Å². The first-order valence-corrected chi connectivity index (χ1v) is 7.05. The van der Waals surface area contributed by atoms with Gasteiger partial charge in [0.05, 0.1) is 17.3 Å². The maximum atomic E-state index is 11.8. The van der Waals surface area contributed by atoms with Gasteiger partial charge in [0.1, 0.15) is 0 Å². The molecule has 1 N–H and O–H groups in total. The summed E-state index contributed by atoms with van der Waals surface area (Å²) in [6.45, 7) is 3.68. The molecular weight excluding hydrogens is 264 g/mol. The minimum atomic E-state index is -0.212. The number of benzene rings is 1. The van der Waals surface area contributed by atoms with Crippen LogP contribution in [0.15, 0.2) is 18.2 Å². The molecule has 19 heavy (non-hydrogen) atoms. The first-order chi connectivity index (χ1) is 9.20. The van der Waals surface area contributed by atoms with E-state index in [9.17, 15) is 4.79 Å². The fraction of sp³-hybridized carbons (Fsp3) is 0.500. The van der Waals surface area contributed by atoms with Crippen molar-refractivity contribution in [3.8, 4) is 0 Å². The van der Waals surface area contributed by atoms with Crippen molar-refractivity contribution in [3.05, 3.63) is 28.8 Å². The van der Waals surface area contributed by atoms with E-state index in [2.05, 4.69) is 11.4 Å². The zero-order chi connectivity index (χ0) is 13.4. The number of fused-ring (bicyclic) bond motifs is 3. The van der Waals surface area contributed by atoms with Crippen molar-refractivity contribution < 1.29 is 9.53 Å². The number of hydrogen-bond donors (Lipinski definition) is 1. The average molecular weight is 281 g/mol. The van der Waals surface area contributed by atoms with E-state index in [0.717, 1.165) is 23.7 Å². The van der Waals surface area contributed by atoms with E-state index >= 15 is 0 Å². The standard InChI is InChI=1S/C14H17ClN2O2/c1-2-19-14(18)17-7-6-12-10(8-17)9-4-3-5-11(15)13(9)16-12/h3-5,10,12,16H,2,6-8H2,1H3. The Morgan fingerprint density at radius 2 is 2.42 bits per heavy atom. The van der Waals surface area contributed by atoms with Gasteiger partial charge in [-0.2, -0.15) is 0 Å². The Kier molecular flexibility index (Phi) is 3.27. The summed E-state index contributed by atoms with van der Waals surface area (Å²) in [5.41, 5.74) is 2.25. The smallest absolute Gasteiger partial charge is 0.409 e. The third kappa shape index (κ3) is 2.14. The zero-order valence-electron chi connectivity index (χ0n) is 10.9. The Bertz CT molecular complexity index is 506. The normalized spacial score (nSPS) is 24.4. The van der Waals surface area contributed by atoms with Gasteiger partial charge >= 0.3 is 6.09 Å². The number of ether oxygens (including phenoxy) is 1. The highest BCUT2D eigenvalue weighted by atomic mass is 35.5. The Labute approximate surface area is 117 Å². The highest BCUT2D eigenvalue weighted by Gasteiger charge is 2.39. The van der Waals surface area contributed by atoms with Crippen LogP contribution in [0, 0.1) is 0 Å². The number of nitrogens with zero attached hydrogens (tertiary/aromatic N) is 1. The number of para-hydroxylation sites is 1. The van der Waals surface area contributed by atoms with Gasteiger partial charge in [0.25, 0.3) is 0 Å². The molecule has 0 saturated carbocycles. The van der Waals surface area contributed by atoms with E-state index in [4.69, 9.17) is 16.3 Å². The van der Waals surface area contributed by atoms with Gasteiger partial charge in [0.2, 0.25) is 0 Å². The first-order valence-electron chi connectivity index (χ1n) is 6.67. The Hall–Kier alpha value is -1.42. The monoisotopic (exact) mass is 280 g/mol. The van der Waals surface area contributed by atoms with Crippen LogP contribution in [-0.4, -0.2) is 36.7 Å². The summed E-state index contributed by atoms with van der Waals surface area (Å²) in [7, 11) is 0. The average Bonchev–Trinajstić information content (AvgIpc) is 2.78. The summed E-state index contributed by atoms with van der Waals surface area (Å²) in [5.74, 6) is 0.312. The Balaban J connectivity index is 1.81. The number of piperidine rings is 1. The van der Waals surface area contributed by atoms with Crippen molar-refractivity contribution in [2.75, 3.05) is 25.0 Å². The van der Waals surface area contributed by atoms with Crippen LogP contribution in [0.2, 0.25) is 5.02 Å². The molecule has 1 amide bonds. The number of likely N-dealkylation sites (tertiary alicyclic amines) is 1. The lowest BCUT2D eigenvalue weighted by Crippen LogP contribution is -2.45. The number of hydrogen-bond acceptors (Lipinski definition) is 3. The lowest BCUT2D eigenvalue weighted by Gasteiger charge is -2.34. The predicted octanol–water partition coefficient (Wildman–Crippen LogP) is 3.08. The van der Waals surface area contributed by atoms with Gasteiger partial charge in [-0.05, 0) is 25.0 Å². The molecule has 0 spiro atoms. The molecule has 2 unspecified atom stereocenters. The third-order valence-corrected chi connectivity index (χ3v) is 4.23. The number of carbonyl (C=O) groups is 1. The van der Waals surface area contributed by atoms with Gasteiger partial charge in [-0.25, -0.2) is 4.79 Å². The molecule has 1 fully saturated rings. The summed E-state index contributed by atoms with van der Waals surface area (Å²) < 4.78 is 5.08. The molecule has 1 aromatic carbocycles. The van der Waals surface area contributed by atoms with Gasteiger partial charge in [-0.3, -0.25) is 0 Å². The van der Waals surface area contributed by atoms with Crippen molar-refractivity contribution in [3.63, 3.8) is 0 Å². The number of nitrogens with one attached hydrogen (secondary N) is 1. The van der Waals surface area contributed by atoms with Gasteiger partial charge in [-0.15, -0.1) is 0 Å². The molecule has 2 aliphatic heterocycles. The largest absolute Gasteiger partial charge is 0.450 e. The van der Waals surface area contributed by atoms with Gasteiger partial charge in [0.15, 0.2) is 0 Å². The van der Waals surface area contributed by atoms with Crippen molar-refractivity contribution in [2.24, 2.45) is 0 Å². The van der Waals surface area contributed by atoms with Crippen molar-refractivity contribution in [1.29, 1.82) is 0 Å². The molecule has 102 valence electrons. The number of amides is 1. The maximum Gasteiger partial charge on any atom is 0.409 e. The zero-order valence-corrected chi connectivity index (χ0v) is 11.6. The lowest BCUT2D eigenvalue weighted by atomic mass is 9.89. The Morgan fingerprint density at radius 1 is 1.58 bits per heavy atom. The second kappa shape index (κ2) is 4.93. The van der Waals surface area contributed by atoms with E-state index in [1.54, 1.807) is 4.90 Å². The summed E-state index contributed by atoms with van der Waals surface area (Å²) in [4.78, 5) is 13.6. The maximum absolute atomic E-state index is 11.8. The number of carbonyl (C=O) groups excluding carboxylic acids is 1. The van der Waals surface area contributed by atoms with Gasteiger partial charge < -0.3 is 15.0 Å². The fourth-order valence-corrected chi connectivity index (χ4v) is 3.24. The second-order valence-corrected chi connectivity index (χ2v) is 5.40. The minimum Gasteiger partial charge on any atom is -0.450 e. The van der Waals surface area contributed by atoms with E-state index in [1.807, 2.05) is 19.1 Å². The SMILES string of the molecule is CCOC(=O)N1CCC2Nc3c(Cl)cccc3C2C1. The minimum absolute atomic E-state index is 0.212. The molecular formula is C14H17ClN2O2. The van der Waals surface area contributed by atoms with E-state index in [1.165, 1.54) is 5.56 Å². The van der Waals surface area contributed by atoms with Crippen LogP contribution in [0.5, 0.6) is 0 Å². The van der Waals surface area contributed by atoms with Crippen LogP contribution < -0.4 is 5.32 Å². The molecule has 3 rings (SSSR count). The third-order valence-electron chi connectivity index (χ3n) is 3.91. The molecule has 2 atom stereocenters. The molecule has 0 bridgehead atoms. The summed E-state index contributed by atoms with van der Waals surface area (Å²) in [6, 6.07) is 6.33. The van der Waals surface area contributed by atoms with Crippen LogP contribution in [0.3, 0.4) is 0 Å². The van der Waals surface area contributed by atoms with Crippen molar-refractivity contribution >= 4 is 23.4 Å². The van der Waals surface area contributed by atoms with Crippen LogP contribution in [0.25, 0.3) is 0 Å². The van der Waals surface area contributed by atoms with E-state index < -0.39 is 0 Å². The topological polar surface area (TPSA) is 41.6 Å². The fourth-order valence-electron chi connectivity index (χ4n) is 3.01. The van der Waals surface area contributed by atoms with Crippen LogP contribution in [-0.2, 0) is 4.74 Å². The molecule has 0 radical (unpaired) electrons. The predicted molar refractivity (Wildman–Crippen MR) is 74.8 cm³/mol. The molecule has 4 nitrogen and oxygen atoms in total. The number of rotatable bonds is 1. The molecule has 2 heterocycles. The molecule has 0 aromatic heterocycles. The van der Waals surface area contributed by atoms with Gasteiger partial charge in [0, 0.05) is 25.0 Å². The summed E-state index contributed by atoms with van der Waals surface area (Å²) >= 11 is 6.22. The highest BCUT2D eigenvalue weighted by molar-refractivity contribution is 6.33. The molecule has 2 aliphatic rings. The van der Waals surface area contributed by atoms with Crippen LogP contribution in [0.4, 0.5) is 10.5 Å². The molecule has 5 heteroatoms. The Morgan fingerprint density at radius 3 is 3.21 bits per heavy atom. The summed E-state index contributed by atoms with van der Waals surface area (Å²) in [6.07, 6.45) is 0.713. The summed E-state index contributed by atoms with van der Waals surface area (Å²) in [5, 5.41) is 4.24. The van der Waals surface area contributed by atoms with Crippen LogP contribution >= 0.6 is 11.6 Å². The first kappa shape index (κ1) is 12.6. The highest BCUT2D eigenvalue weighted by Crippen LogP contribution is 2.43. The molecule has 1 aromatic rings.